The van der Waals surface area contributed by atoms with E-state index in [1.807, 2.05) is 6.92 Å². The molecule has 1 unspecified atom stereocenters. The van der Waals surface area contributed by atoms with Crippen molar-refractivity contribution in [2.24, 2.45) is 0 Å². The smallest absolute Gasteiger partial charge is 0.282 e. The van der Waals surface area contributed by atoms with Crippen molar-refractivity contribution in [2.45, 2.75) is 25.1 Å². The minimum atomic E-state index is -0.636. The Kier molecular flexibility index (Phi) is 4.29. The Bertz CT molecular complexity index is 632. The highest BCUT2D eigenvalue weighted by molar-refractivity contribution is 6.20. The number of alkyl halides is 1. The average Bonchev–Trinajstić information content (AvgIpc) is 2.88. The molecule has 1 heterocycles. The van der Waals surface area contributed by atoms with Crippen LogP contribution in [0.25, 0.3) is 11.5 Å². The van der Waals surface area contributed by atoms with E-state index in [0.29, 0.717) is 6.42 Å². The van der Waals surface area contributed by atoms with Crippen LogP contribution in [0.2, 0.25) is 0 Å². The van der Waals surface area contributed by atoms with E-state index in [9.17, 15) is 14.5 Å². The molecular weight excluding hydrogens is 289 g/mol. The average molecular weight is 300 g/mol. The molecule has 0 spiro atoms. The van der Waals surface area contributed by atoms with Crippen molar-refractivity contribution in [3.63, 3.8) is 0 Å². The van der Waals surface area contributed by atoms with Gasteiger partial charge in [0.1, 0.15) is 11.4 Å². The molecule has 0 fully saturated rings. The van der Waals surface area contributed by atoms with Crippen LogP contribution < -0.4 is 0 Å². The van der Waals surface area contributed by atoms with Crippen molar-refractivity contribution in [3.05, 3.63) is 40.0 Å². The second kappa shape index (κ2) is 5.96. The molecule has 2 aromatic rings. The maximum absolute atomic E-state index is 13.2. The number of nitro groups is 1. The number of benzene rings is 1. The molecule has 20 heavy (non-hydrogen) atoms. The first kappa shape index (κ1) is 14.4. The molecule has 106 valence electrons. The van der Waals surface area contributed by atoms with Crippen LogP contribution in [0.5, 0.6) is 0 Å². The van der Waals surface area contributed by atoms with E-state index in [1.165, 1.54) is 0 Å². The van der Waals surface area contributed by atoms with Crippen molar-refractivity contribution < 1.29 is 13.8 Å². The normalized spacial score (nSPS) is 12.3. The predicted octanol–water partition coefficient (Wildman–Crippen LogP) is 3.86. The zero-order chi connectivity index (χ0) is 14.7. The second-order valence-electron chi connectivity index (χ2n) is 4.13. The van der Waals surface area contributed by atoms with Gasteiger partial charge in [-0.15, -0.1) is 11.6 Å². The lowest BCUT2D eigenvalue weighted by molar-refractivity contribution is -0.384. The van der Waals surface area contributed by atoms with Crippen molar-refractivity contribution in [1.82, 2.24) is 10.1 Å². The largest absolute Gasteiger partial charge is 0.334 e. The third-order valence-corrected chi connectivity index (χ3v) is 3.06. The van der Waals surface area contributed by atoms with Crippen molar-refractivity contribution >= 4 is 17.3 Å². The number of rotatable bonds is 5. The predicted molar refractivity (Wildman–Crippen MR) is 69.8 cm³/mol. The van der Waals surface area contributed by atoms with Crippen LogP contribution in [-0.2, 0) is 0 Å². The van der Waals surface area contributed by atoms with E-state index in [1.54, 1.807) is 0 Å². The molecule has 2 rings (SSSR count). The van der Waals surface area contributed by atoms with Gasteiger partial charge in [0.05, 0.1) is 10.3 Å². The summed E-state index contributed by atoms with van der Waals surface area (Å²) >= 11 is 6.05. The molecule has 0 bridgehead atoms. The van der Waals surface area contributed by atoms with Crippen molar-refractivity contribution in [1.29, 1.82) is 0 Å². The zero-order valence-electron chi connectivity index (χ0n) is 10.5. The summed E-state index contributed by atoms with van der Waals surface area (Å²) < 4.78 is 18.2. The highest BCUT2D eigenvalue weighted by atomic mass is 35.5. The van der Waals surface area contributed by atoms with Gasteiger partial charge in [0.15, 0.2) is 5.82 Å². The van der Waals surface area contributed by atoms with E-state index in [0.717, 1.165) is 24.6 Å². The fraction of sp³-hybridized carbons (Fsp3) is 0.333. The molecule has 8 heteroatoms. The van der Waals surface area contributed by atoms with Crippen LogP contribution in [-0.4, -0.2) is 15.1 Å². The van der Waals surface area contributed by atoms with E-state index in [2.05, 4.69) is 10.1 Å². The number of nitrogens with zero attached hydrogens (tertiary/aromatic N) is 3. The zero-order valence-corrected chi connectivity index (χ0v) is 11.3. The number of halogens is 2. The SMILES string of the molecule is CCCC(Cl)c1noc(-c2cc(F)ccc2[N+](=O)[O-])n1. The maximum Gasteiger partial charge on any atom is 0.282 e. The Morgan fingerprint density at radius 1 is 1.55 bits per heavy atom. The van der Waals surface area contributed by atoms with E-state index in [-0.39, 0.29) is 23.0 Å². The van der Waals surface area contributed by atoms with Crippen molar-refractivity contribution in [2.75, 3.05) is 0 Å². The van der Waals surface area contributed by atoms with Crippen LogP contribution >= 0.6 is 11.6 Å². The molecule has 0 aliphatic carbocycles. The first-order valence-electron chi connectivity index (χ1n) is 5.95. The number of hydrogen-bond acceptors (Lipinski definition) is 5. The summed E-state index contributed by atoms with van der Waals surface area (Å²) in [5.41, 5.74) is -0.364. The molecule has 0 saturated carbocycles. The van der Waals surface area contributed by atoms with Gasteiger partial charge >= 0.3 is 0 Å². The quantitative estimate of drug-likeness (QED) is 0.475. The molecule has 0 N–H and O–H groups in total. The van der Waals surface area contributed by atoms with Crippen LogP contribution in [0.3, 0.4) is 0 Å². The lowest BCUT2D eigenvalue weighted by atomic mass is 10.1. The van der Waals surface area contributed by atoms with Crippen LogP contribution in [0.1, 0.15) is 31.0 Å². The second-order valence-corrected chi connectivity index (χ2v) is 4.66. The highest BCUT2D eigenvalue weighted by Gasteiger charge is 2.23. The van der Waals surface area contributed by atoms with Gasteiger partial charge in [0.25, 0.3) is 11.6 Å². The van der Waals surface area contributed by atoms with Gasteiger partial charge in [0, 0.05) is 6.07 Å². The number of aromatic nitrogens is 2. The molecule has 1 aromatic heterocycles. The first-order valence-corrected chi connectivity index (χ1v) is 6.38. The lowest BCUT2D eigenvalue weighted by Crippen LogP contribution is -1.95. The summed E-state index contributed by atoms with van der Waals surface area (Å²) in [7, 11) is 0. The monoisotopic (exact) mass is 299 g/mol. The topological polar surface area (TPSA) is 82.1 Å². The van der Waals surface area contributed by atoms with E-state index in [4.69, 9.17) is 16.1 Å². The molecule has 0 radical (unpaired) electrons. The molecule has 1 atom stereocenters. The van der Waals surface area contributed by atoms with Crippen LogP contribution in [0.4, 0.5) is 10.1 Å². The van der Waals surface area contributed by atoms with E-state index >= 15 is 0 Å². The van der Waals surface area contributed by atoms with Crippen LogP contribution in [0.15, 0.2) is 22.7 Å². The third kappa shape index (κ3) is 2.93. The molecule has 0 aliphatic heterocycles. The Morgan fingerprint density at radius 3 is 2.95 bits per heavy atom. The van der Waals surface area contributed by atoms with Gasteiger partial charge in [-0.1, -0.05) is 18.5 Å². The van der Waals surface area contributed by atoms with Crippen LogP contribution in [0, 0.1) is 15.9 Å². The molecule has 1 aromatic carbocycles. The summed E-state index contributed by atoms with van der Waals surface area (Å²) in [4.78, 5) is 14.3. The van der Waals surface area contributed by atoms with E-state index < -0.39 is 16.1 Å². The summed E-state index contributed by atoms with van der Waals surface area (Å²) in [6.45, 7) is 1.95. The number of hydrogen-bond donors (Lipinski definition) is 0. The van der Waals surface area contributed by atoms with Gasteiger partial charge in [-0.3, -0.25) is 10.1 Å². The Hall–Kier alpha value is -2.02. The van der Waals surface area contributed by atoms with Gasteiger partial charge < -0.3 is 4.52 Å². The maximum atomic E-state index is 13.2. The van der Waals surface area contributed by atoms with Crippen molar-refractivity contribution in [3.8, 4) is 11.5 Å². The molecular formula is C12H11ClFN3O3. The van der Waals surface area contributed by atoms with Gasteiger partial charge in [-0.05, 0) is 18.6 Å². The fourth-order valence-corrected chi connectivity index (χ4v) is 2.00. The minimum absolute atomic E-state index is 0.0610. The highest BCUT2D eigenvalue weighted by Crippen LogP contribution is 2.31. The Labute approximate surface area is 118 Å². The summed E-state index contributed by atoms with van der Waals surface area (Å²) in [5.74, 6) is -0.503. The van der Waals surface area contributed by atoms with Gasteiger partial charge in [-0.25, -0.2) is 4.39 Å². The molecule has 0 saturated heterocycles. The standard InChI is InChI=1S/C12H11ClFN3O3/c1-2-3-9(13)11-15-12(20-16-11)8-6-7(14)4-5-10(8)17(18)19/h4-6,9H,2-3H2,1H3. The van der Waals surface area contributed by atoms with Gasteiger partial charge in [0.2, 0.25) is 0 Å². The summed E-state index contributed by atoms with van der Waals surface area (Å²) in [5, 5.41) is 14.2. The minimum Gasteiger partial charge on any atom is -0.334 e. The molecule has 0 aliphatic rings. The summed E-state index contributed by atoms with van der Waals surface area (Å²) in [6, 6.07) is 3.04. The summed E-state index contributed by atoms with van der Waals surface area (Å²) in [6.07, 6.45) is 1.48. The molecule has 6 nitrogen and oxygen atoms in total. The third-order valence-electron chi connectivity index (χ3n) is 2.65. The Morgan fingerprint density at radius 2 is 2.30 bits per heavy atom. The lowest BCUT2D eigenvalue weighted by Gasteiger charge is -2.00. The Balaban J connectivity index is 2.41. The van der Waals surface area contributed by atoms with Gasteiger partial charge in [-0.2, -0.15) is 4.98 Å². The fourth-order valence-electron chi connectivity index (χ4n) is 1.69. The number of nitro benzene ring substituents is 1. The first-order chi connectivity index (χ1) is 9.52. The molecule has 0 amide bonds.